The van der Waals surface area contributed by atoms with E-state index in [1.807, 2.05) is 75.0 Å². The van der Waals surface area contributed by atoms with E-state index in [1.54, 1.807) is 0 Å². The highest BCUT2D eigenvalue weighted by Crippen LogP contribution is 2.34. The number of allylic oxidation sites excluding steroid dienone is 1. The minimum Gasteiger partial charge on any atom is -0.350 e. The molecule has 3 aromatic rings. The number of aromatic nitrogens is 5. The maximum atomic E-state index is 12.5. The molecule has 1 amide bonds. The monoisotopic (exact) mass is 446 g/mol. The second kappa shape index (κ2) is 9.01. The van der Waals surface area contributed by atoms with Crippen LogP contribution in [0.2, 0.25) is 0 Å². The first-order valence-corrected chi connectivity index (χ1v) is 11.0. The van der Waals surface area contributed by atoms with E-state index >= 15 is 0 Å². The number of pyridine rings is 1. The van der Waals surface area contributed by atoms with Crippen LogP contribution in [0.25, 0.3) is 5.57 Å². The van der Waals surface area contributed by atoms with E-state index in [2.05, 4.69) is 37.3 Å². The van der Waals surface area contributed by atoms with Gasteiger partial charge in [0.1, 0.15) is 11.7 Å². The number of anilines is 3. The van der Waals surface area contributed by atoms with Crippen LogP contribution in [0, 0.1) is 12.8 Å². The van der Waals surface area contributed by atoms with E-state index in [-0.39, 0.29) is 17.9 Å². The zero-order valence-corrected chi connectivity index (χ0v) is 19.8. The fourth-order valence-electron chi connectivity index (χ4n) is 4.02. The molecule has 3 aromatic heterocycles. The van der Waals surface area contributed by atoms with Gasteiger partial charge in [-0.05, 0) is 37.0 Å². The highest BCUT2D eigenvalue weighted by atomic mass is 16.2. The van der Waals surface area contributed by atoms with Crippen LogP contribution in [0.15, 0.2) is 37.3 Å². The lowest BCUT2D eigenvalue weighted by Gasteiger charge is -2.36. The summed E-state index contributed by atoms with van der Waals surface area (Å²) < 4.78 is 1.88. The van der Waals surface area contributed by atoms with Gasteiger partial charge in [-0.2, -0.15) is 10.1 Å². The Morgan fingerprint density at radius 1 is 1.24 bits per heavy atom. The Morgan fingerprint density at radius 3 is 2.70 bits per heavy atom. The van der Waals surface area contributed by atoms with Crippen molar-refractivity contribution < 1.29 is 4.79 Å². The van der Waals surface area contributed by atoms with Gasteiger partial charge >= 0.3 is 0 Å². The largest absolute Gasteiger partial charge is 0.350 e. The number of nitrogens with one attached hydrogen (secondary N) is 2. The first kappa shape index (κ1) is 22.4. The van der Waals surface area contributed by atoms with Crippen LogP contribution < -0.4 is 15.5 Å². The lowest BCUT2D eigenvalue weighted by Crippen LogP contribution is -2.49. The maximum absolute atomic E-state index is 12.5. The van der Waals surface area contributed by atoms with Crippen molar-refractivity contribution in [2.75, 3.05) is 22.6 Å². The molecule has 4 rings (SSSR count). The van der Waals surface area contributed by atoms with Crippen molar-refractivity contribution in [3.63, 3.8) is 0 Å². The lowest BCUT2D eigenvalue weighted by molar-refractivity contribution is -0.118. The number of aryl methyl sites for hydroxylation is 1. The molecule has 9 nitrogen and oxygen atoms in total. The van der Waals surface area contributed by atoms with Crippen LogP contribution in [0.1, 0.15) is 43.3 Å². The minimum atomic E-state index is -0.267. The van der Waals surface area contributed by atoms with E-state index in [0.29, 0.717) is 24.7 Å². The molecule has 0 fully saturated rings. The van der Waals surface area contributed by atoms with Crippen LogP contribution >= 0.6 is 0 Å². The Bertz CT molecular complexity index is 1180. The number of carbonyl (C=O) groups is 1. The van der Waals surface area contributed by atoms with Crippen molar-refractivity contribution in [2.24, 2.45) is 5.92 Å². The van der Waals surface area contributed by atoms with Gasteiger partial charge in [-0.3, -0.25) is 14.5 Å². The Morgan fingerprint density at radius 2 is 2.03 bits per heavy atom. The number of hydrogen-bond donors (Lipinski definition) is 2. The topological polar surface area (TPSA) is 101 Å². The second-order valence-corrected chi connectivity index (χ2v) is 8.85. The third-order valence-corrected chi connectivity index (χ3v) is 5.71. The fourth-order valence-corrected chi connectivity index (χ4v) is 4.02. The maximum Gasteiger partial charge on any atom is 0.247 e. The van der Waals surface area contributed by atoms with E-state index in [1.165, 1.54) is 0 Å². The van der Waals surface area contributed by atoms with Crippen molar-refractivity contribution in [1.29, 1.82) is 0 Å². The average molecular weight is 447 g/mol. The molecule has 1 unspecified atom stereocenters. The summed E-state index contributed by atoms with van der Waals surface area (Å²) in [7, 11) is 1.90. The van der Waals surface area contributed by atoms with Crippen LogP contribution in [0.3, 0.4) is 0 Å². The van der Waals surface area contributed by atoms with Crippen molar-refractivity contribution in [1.82, 2.24) is 24.7 Å². The lowest BCUT2D eigenvalue weighted by atomic mass is 9.99. The third-order valence-electron chi connectivity index (χ3n) is 5.71. The van der Waals surface area contributed by atoms with Gasteiger partial charge in [0, 0.05) is 31.5 Å². The predicted molar refractivity (Wildman–Crippen MR) is 130 cm³/mol. The summed E-state index contributed by atoms with van der Waals surface area (Å²) in [6, 6.07) is 3.75. The summed E-state index contributed by atoms with van der Waals surface area (Å²) >= 11 is 0. The smallest absolute Gasteiger partial charge is 0.247 e. The first-order chi connectivity index (χ1) is 15.7. The SMILES string of the molecule is C=C(C)c1ccc(Cn2cc(CNc3nc(C)c4c(n3)N(C)C(C(C)C)C(=O)N4)cn2)cn1. The van der Waals surface area contributed by atoms with Crippen LogP contribution in [0.4, 0.5) is 17.5 Å². The molecule has 9 heteroatoms. The average Bonchev–Trinajstić information content (AvgIpc) is 3.20. The molecular weight excluding hydrogens is 416 g/mol. The standard InChI is InChI=1S/C24H30N8O/c1-14(2)19-8-7-17(9-25-19)12-32-13-18(11-27-32)10-26-24-28-16(5)20-22(30-24)31(6)21(15(3)4)23(33)29-20/h7-9,11,13,15,21H,1,10,12H2,2-6H3,(H,29,33)(H,26,28,30). The molecule has 1 aliphatic heterocycles. The fraction of sp³-hybridized carbons (Fsp3) is 0.375. The zero-order valence-electron chi connectivity index (χ0n) is 19.8. The first-order valence-electron chi connectivity index (χ1n) is 11.0. The summed E-state index contributed by atoms with van der Waals surface area (Å²) in [5, 5.41) is 10.7. The summed E-state index contributed by atoms with van der Waals surface area (Å²) in [6.07, 6.45) is 5.67. The number of rotatable bonds is 7. The van der Waals surface area contributed by atoms with Crippen molar-refractivity contribution in [2.45, 2.75) is 46.8 Å². The molecule has 4 heterocycles. The van der Waals surface area contributed by atoms with Gasteiger partial charge in [0.15, 0.2) is 5.82 Å². The number of likely N-dealkylation sites (N-methyl/N-ethyl adjacent to an activating group) is 1. The molecular formula is C24H30N8O. The highest BCUT2D eigenvalue weighted by Gasteiger charge is 2.35. The van der Waals surface area contributed by atoms with Crippen LogP contribution in [-0.4, -0.2) is 43.7 Å². The zero-order chi connectivity index (χ0) is 23.7. The summed E-state index contributed by atoms with van der Waals surface area (Å²) in [5.41, 5.74) is 5.33. The van der Waals surface area contributed by atoms with Gasteiger partial charge < -0.3 is 15.5 Å². The number of nitrogens with zero attached hydrogens (tertiary/aromatic N) is 6. The van der Waals surface area contributed by atoms with Crippen molar-refractivity contribution in [3.8, 4) is 0 Å². The molecule has 0 spiro atoms. The minimum absolute atomic E-state index is 0.0238. The molecule has 0 bridgehead atoms. The van der Waals surface area contributed by atoms with Gasteiger partial charge in [-0.25, -0.2) is 4.98 Å². The summed E-state index contributed by atoms with van der Waals surface area (Å²) in [6.45, 7) is 13.0. The van der Waals surface area contributed by atoms with E-state index in [4.69, 9.17) is 0 Å². The molecule has 0 aliphatic carbocycles. The second-order valence-electron chi connectivity index (χ2n) is 8.85. The molecule has 0 saturated heterocycles. The van der Waals surface area contributed by atoms with Gasteiger partial charge in [-0.1, -0.05) is 26.5 Å². The third kappa shape index (κ3) is 4.72. The van der Waals surface area contributed by atoms with Crippen molar-refractivity contribution in [3.05, 3.63) is 59.8 Å². The number of amides is 1. The summed E-state index contributed by atoms with van der Waals surface area (Å²) in [4.78, 5) is 28.1. The normalized spacial score (nSPS) is 15.4. The Balaban J connectivity index is 1.44. The molecule has 1 atom stereocenters. The number of hydrogen-bond acceptors (Lipinski definition) is 7. The quantitative estimate of drug-likeness (QED) is 0.573. The van der Waals surface area contributed by atoms with Gasteiger partial charge in [0.05, 0.1) is 24.1 Å². The Labute approximate surface area is 194 Å². The van der Waals surface area contributed by atoms with E-state index < -0.39 is 0 Å². The van der Waals surface area contributed by atoms with Gasteiger partial charge in [-0.15, -0.1) is 0 Å². The Kier molecular flexibility index (Phi) is 6.13. The molecule has 0 aromatic carbocycles. The van der Waals surface area contributed by atoms with Crippen molar-refractivity contribution >= 4 is 28.9 Å². The van der Waals surface area contributed by atoms with Crippen LogP contribution in [0.5, 0.6) is 0 Å². The van der Waals surface area contributed by atoms with Crippen LogP contribution in [-0.2, 0) is 17.9 Å². The summed E-state index contributed by atoms with van der Waals surface area (Å²) in [5.74, 6) is 1.38. The Hall–Kier alpha value is -3.75. The van der Waals surface area contributed by atoms with Gasteiger partial charge in [0.25, 0.3) is 0 Å². The molecule has 1 aliphatic rings. The predicted octanol–water partition coefficient (Wildman–Crippen LogP) is 3.48. The molecule has 0 radical (unpaired) electrons. The highest BCUT2D eigenvalue weighted by molar-refractivity contribution is 6.03. The number of carbonyl (C=O) groups excluding carboxylic acids is 1. The molecule has 0 saturated carbocycles. The molecule has 172 valence electrons. The number of fused-ring (bicyclic) bond motifs is 1. The molecule has 33 heavy (non-hydrogen) atoms. The molecule has 2 N–H and O–H groups in total. The van der Waals surface area contributed by atoms with E-state index in [0.717, 1.165) is 33.9 Å². The van der Waals surface area contributed by atoms with E-state index in [9.17, 15) is 4.79 Å². The van der Waals surface area contributed by atoms with Gasteiger partial charge in [0.2, 0.25) is 11.9 Å².